The molecule has 0 aromatic heterocycles. The lowest BCUT2D eigenvalue weighted by atomic mass is 9.70. The predicted octanol–water partition coefficient (Wildman–Crippen LogP) is 2.24. The van der Waals surface area contributed by atoms with Crippen LogP contribution in [0.15, 0.2) is 54.6 Å². The molecule has 0 aliphatic carbocycles. The summed E-state index contributed by atoms with van der Waals surface area (Å²) >= 11 is 0. The Bertz CT molecular complexity index is 609. The highest BCUT2D eigenvalue weighted by atomic mass is 16.5. The first-order chi connectivity index (χ1) is 9.25. The van der Waals surface area contributed by atoms with E-state index in [4.69, 9.17) is 10.5 Å². The summed E-state index contributed by atoms with van der Waals surface area (Å²) < 4.78 is 5.64. The van der Waals surface area contributed by atoms with Crippen molar-refractivity contribution in [3.05, 3.63) is 65.7 Å². The quantitative estimate of drug-likeness (QED) is 0.892. The van der Waals surface area contributed by atoms with Gasteiger partial charge in [-0.25, -0.2) is 0 Å². The lowest BCUT2D eigenvalue weighted by Gasteiger charge is -2.36. The van der Waals surface area contributed by atoms with Crippen LogP contribution in [0, 0.1) is 0 Å². The zero-order chi connectivity index (χ0) is 13.3. The Balaban J connectivity index is 2.27. The number of hydrogen-bond donors (Lipinski definition) is 1. The molecule has 1 amide bonds. The number of rotatable bonds is 2. The fourth-order valence-corrected chi connectivity index (χ4v) is 2.81. The molecule has 96 valence electrons. The van der Waals surface area contributed by atoms with Gasteiger partial charge in [-0.2, -0.15) is 0 Å². The predicted molar refractivity (Wildman–Crippen MR) is 73.0 cm³/mol. The maximum Gasteiger partial charge on any atom is 0.232 e. The summed E-state index contributed by atoms with van der Waals surface area (Å²) in [6, 6.07) is 17.3. The van der Waals surface area contributed by atoms with E-state index in [1.165, 1.54) is 0 Å². The van der Waals surface area contributed by atoms with E-state index in [2.05, 4.69) is 0 Å². The van der Waals surface area contributed by atoms with Gasteiger partial charge < -0.3 is 10.5 Å². The van der Waals surface area contributed by atoms with Gasteiger partial charge in [-0.3, -0.25) is 4.79 Å². The molecular weight excluding hydrogens is 238 g/mol. The molecule has 3 heteroatoms. The molecule has 2 aromatic carbocycles. The zero-order valence-electron chi connectivity index (χ0n) is 10.5. The third-order valence-electron chi connectivity index (χ3n) is 3.77. The molecule has 1 unspecified atom stereocenters. The summed E-state index contributed by atoms with van der Waals surface area (Å²) in [6.07, 6.45) is 0.573. The van der Waals surface area contributed by atoms with Crippen molar-refractivity contribution in [2.24, 2.45) is 5.73 Å². The van der Waals surface area contributed by atoms with Gasteiger partial charge in [0.2, 0.25) is 5.91 Å². The van der Waals surface area contributed by atoms with Crippen molar-refractivity contribution in [1.82, 2.24) is 0 Å². The second kappa shape index (κ2) is 4.43. The Labute approximate surface area is 112 Å². The average Bonchev–Trinajstić information content (AvgIpc) is 2.47. The number of amides is 1. The van der Waals surface area contributed by atoms with Crippen molar-refractivity contribution in [3.8, 4) is 5.75 Å². The number of benzene rings is 2. The molecule has 3 nitrogen and oxygen atoms in total. The average molecular weight is 253 g/mol. The lowest BCUT2D eigenvalue weighted by molar-refractivity contribution is -0.123. The first-order valence-electron chi connectivity index (χ1n) is 6.33. The molecule has 1 heterocycles. The molecule has 0 radical (unpaired) electrons. The van der Waals surface area contributed by atoms with E-state index in [0.717, 1.165) is 16.9 Å². The largest absolute Gasteiger partial charge is 0.493 e. The molecule has 0 saturated heterocycles. The molecular formula is C16H15NO2. The normalized spacial score (nSPS) is 21.3. The van der Waals surface area contributed by atoms with E-state index < -0.39 is 5.41 Å². The van der Waals surface area contributed by atoms with Gasteiger partial charge >= 0.3 is 0 Å². The van der Waals surface area contributed by atoms with Crippen molar-refractivity contribution in [3.63, 3.8) is 0 Å². The SMILES string of the molecule is NC(=O)C1(c2ccccc2)CCOc2ccccc21. The molecule has 2 N–H and O–H groups in total. The number of carbonyl (C=O) groups is 1. The number of primary amides is 1. The number of fused-ring (bicyclic) bond motifs is 1. The van der Waals surface area contributed by atoms with E-state index in [1.807, 2.05) is 54.6 Å². The minimum atomic E-state index is -0.782. The third-order valence-corrected chi connectivity index (χ3v) is 3.77. The van der Waals surface area contributed by atoms with Gasteiger partial charge in [-0.15, -0.1) is 0 Å². The highest BCUT2D eigenvalue weighted by Crippen LogP contribution is 2.43. The molecule has 0 bridgehead atoms. The Hall–Kier alpha value is -2.29. The first-order valence-corrected chi connectivity index (χ1v) is 6.33. The molecule has 2 aromatic rings. The van der Waals surface area contributed by atoms with Crippen molar-refractivity contribution in [2.75, 3.05) is 6.61 Å². The van der Waals surface area contributed by atoms with Crippen LogP contribution in [-0.2, 0) is 10.2 Å². The summed E-state index contributed by atoms with van der Waals surface area (Å²) in [5.74, 6) is 0.422. The fourth-order valence-electron chi connectivity index (χ4n) is 2.81. The van der Waals surface area contributed by atoms with Crippen molar-refractivity contribution in [2.45, 2.75) is 11.8 Å². The second-order valence-corrected chi connectivity index (χ2v) is 4.73. The topological polar surface area (TPSA) is 52.3 Å². The van der Waals surface area contributed by atoms with Gasteiger partial charge in [-0.05, 0) is 11.6 Å². The highest BCUT2D eigenvalue weighted by molar-refractivity contribution is 5.92. The smallest absolute Gasteiger partial charge is 0.232 e. The molecule has 0 spiro atoms. The summed E-state index contributed by atoms with van der Waals surface area (Å²) in [5.41, 5.74) is 6.76. The summed E-state index contributed by atoms with van der Waals surface area (Å²) in [5, 5.41) is 0. The Morgan fingerprint density at radius 2 is 1.74 bits per heavy atom. The van der Waals surface area contributed by atoms with Gasteiger partial charge in [-0.1, -0.05) is 48.5 Å². The number of ether oxygens (including phenoxy) is 1. The summed E-state index contributed by atoms with van der Waals surface area (Å²) in [7, 11) is 0. The highest BCUT2D eigenvalue weighted by Gasteiger charge is 2.44. The van der Waals surface area contributed by atoms with Crippen LogP contribution in [0.2, 0.25) is 0 Å². The molecule has 1 aliphatic rings. The number of carbonyl (C=O) groups excluding carboxylic acids is 1. The van der Waals surface area contributed by atoms with E-state index in [9.17, 15) is 4.79 Å². The fraction of sp³-hybridized carbons (Fsp3) is 0.188. The monoisotopic (exact) mass is 253 g/mol. The van der Waals surface area contributed by atoms with Gasteiger partial charge in [0.1, 0.15) is 11.2 Å². The number of hydrogen-bond acceptors (Lipinski definition) is 2. The van der Waals surface area contributed by atoms with Crippen molar-refractivity contribution in [1.29, 1.82) is 0 Å². The first kappa shape index (κ1) is 11.8. The second-order valence-electron chi connectivity index (χ2n) is 4.73. The molecule has 1 aliphatic heterocycles. The van der Waals surface area contributed by atoms with Crippen molar-refractivity contribution < 1.29 is 9.53 Å². The van der Waals surface area contributed by atoms with Crippen LogP contribution < -0.4 is 10.5 Å². The Morgan fingerprint density at radius 1 is 1.05 bits per heavy atom. The zero-order valence-corrected chi connectivity index (χ0v) is 10.5. The summed E-state index contributed by atoms with van der Waals surface area (Å²) in [4.78, 5) is 12.2. The lowest BCUT2D eigenvalue weighted by Crippen LogP contribution is -2.45. The van der Waals surface area contributed by atoms with E-state index >= 15 is 0 Å². The summed E-state index contributed by atoms with van der Waals surface area (Å²) in [6.45, 7) is 0.495. The minimum Gasteiger partial charge on any atom is -0.493 e. The Morgan fingerprint density at radius 3 is 2.47 bits per heavy atom. The van der Waals surface area contributed by atoms with Crippen LogP contribution in [0.5, 0.6) is 5.75 Å². The van der Waals surface area contributed by atoms with Gasteiger partial charge in [0.05, 0.1) is 6.61 Å². The standard InChI is InChI=1S/C16H15NO2/c17-15(18)16(12-6-2-1-3-7-12)10-11-19-14-9-5-4-8-13(14)16/h1-9H,10-11H2,(H2,17,18). The van der Waals surface area contributed by atoms with E-state index in [-0.39, 0.29) is 5.91 Å². The maximum atomic E-state index is 12.2. The van der Waals surface area contributed by atoms with Gasteiger partial charge in [0, 0.05) is 12.0 Å². The van der Waals surface area contributed by atoms with Crippen LogP contribution in [0.1, 0.15) is 17.5 Å². The maximum absolute atomic E-state index is 12.2. The molecule has 3 rings (SSSR count). The van der Waals surface area contributed by atoms with Crippen LogP contribution in [0.3, 0.4) is 0 Å². The third kappa shape index (κ3) is 1.70. The van der Waals surface area contributed by atoms with E-state index in [1.54, 1.807) is 0 Å². The number of para-hydroxylation sites is 1. The van der Waals surface area contributed by atoms with Crippen LogP contribution >= 0.6 is 0 Å². The molecule has 1 atom stereocenters. The minimum absolute atomic E-state index is 0.325. The van der Waals surface area contributed by atoms with Crippen LogP contribution in [0.4, 0.5) is 0 Å². The van der Waals surface area contributed by atoms with E-state index in [0.29, 0.717) is 13.0 Å². The molecule has 0 saturated carbocycles. The van der Waals surface area contributed by atoms with Gasteiger partial charge in [0.25, 0.3) is 0 Å². The van der Waals surface area contributed by atoms with Crippen molar-refractivity contribution >= 4 is 5.91 Å². The van der Waals surface area contributed by atoms with Gasteiger partial charge in [0.15, 0.2) is 0 Å². The van der Waals surface area contributed by atoms with Crippen LogP contribution in [-0.4, -0.2) is 12.5 Å². The molecule has 0 fully saturated rings. The number of nitrogens with two attached hydrogens (primary N) is 1. The Kier molecular flexibility index (Phi) is 2.75. The molecule has 19 heavy (non-hydrogen) atoms. The van der Waals surface area contributed by atoms with Crippen LogP contribution in [0.25, 0.3) is 0 Å².